The second kappa shape index (κ2) is 9.57. The van der Waals surface area contributed by atoms with Crippen molar-refractivity contribution in [1.29, 1.82) is 0 Å². The summed E-state index contributed by atoms with van der Waals surface area (Å²) in [5.41, 5.74) is 3.37. The molecule has 0 aromatic heterocycles. The van der Waals surface area contributed by atoms with Gasteiger partial charge < -0.3 is 20.1 Å². The Bertz CT molecular complexity index is 714. The number of methoxy groups -OCH3 is 2. The average molecular weight is 341 g/mol. The molecule has 0 saturated heterocycles. The van der Waals surface area contributed by atoms with Gasteiger partial charge in [0, 0.05) is 18.7 Å². The van der Waals surface area contributed by atoms with E-state index in [1.807, 2.05) is 36.4 Å². The molecule has 0 fully saturated rings. The number of aryl methyl sites for hydroxylation is 1. The molecule has 0 saturated carbocycles. The molecule has 0 atom stereocenters. The molecule has 0 aliphatic rings. The molecule has 0 unspecified atom stereocenters. The highest BCUT2D eigenvalue weighted by Crippen LogP contribution is 2.18. The van der Waals surface area contributed by atoms with Crippen molar-refractivity contribution in [3.8, 4) is 11.5 Å². The summed E-state index contributed by atoms with van der Waals surface area (Å²) in [6.45, 7) is 6.14. The Balaban J connectivity index is 2.06. The van der Waals surface area contributed by atoms with Gasteiger partial charge in [-0.05, 0) is 43.2 Å². The largest absolute Gasteiger partial charge is 0.497 e. The highest BCUT2D eigenvalue weighted by molar-refractivity contribution is 5.79. The van der Waals surface area contributed by atoms with Gasteiger partial charge in [0.2, 0.25) is 0 Å². The maximum Gasteiger partial charge on any atom is 0.191 e. The average Bonchev–Trinajstić information content (AvgIpc) is 2.63. The second-order valence-electron chi connectivity index (χ2n) is 5.72. The fraction of sp³-hybridized carbons (Fsp3) is 0.350. The lowest BCUT2D eigenvalue weighted by molar-refractivity contribution is 0.409. The first kappa shape index (κ1) is 18.6. The van der Waals surface area contributed by atoms with Crippen LogP contribution in [0.5, 0.6) is 11.5 Å². The van der Waals surface area contributed by atoms with Gasteiger partial charge in [-0.15, -0.1) is 0 Å². The summed E-state index contributed by atoms with van der Waals surface area (Å²) in [6.07, 6.45) is 0. The van der Waals surface area contributed by atoms with Gasteiger partial charge in [0.25, 0.3) is 0 Å². The van der Waals surface area contributed by atoms with Crippen LogP contribution in [-0.4, -0.2) is 26.7 Å². The maximum atomic E-state index is 5.39. The maximum absolute atomic E-state index is 5.39. The lowest BCUT2D eigenvalue weighted by Crippen LogP contribution is -2.36. The first-order valence-electron chi connectivity index (χ1n) is 8.45. The number of ether oxygens (including phenoxy) is 2. The summed E-state index contributed by atoms with van der Waals surface area (Å²) in [5.74, 6) is 2.50. The van der Waals surface area contributed by atoms with E-state index < -0.39 is 0 Å². The molecule has 2 rings (SSSR count). The topological polar surface area (TPSA) is 54.9 Å². The van der Waals surface area contributed by atoms with Crippen LogP contribution >= 0.6 is 0 Å². The van der Waals surface area contributed by atoms with Crippen molar-refractivity contribution in [2.45, 2.75) is 26.9 Å². The zero-order valence-electron chi connectivity index (χ0n) is 15.4. The minimum absolute atomic E-state index is 0.583. The number of nitrogens with one attached hydrogen (secondary N) is 2. The van der Waals surface area contributed by atoms with Crippen molar-refractivity contribution in [3.05, 3.63) is 59.2 Å². The van der Waals surface area contributed by atoms with Gasteiger partial charge in [-0.3, -0.25) is 0 Å². The summed E-state index contributed by atoms with van der Waals surface area (Å²) in [5, 5.41) is 6.62. The van der Waals surface area contributed by atoms with E-state index in [9.17, 15) is 0 Å². The lowest BCUT2D eigenvalue weighted by Gasteiger charge is -2.13. The third-order valence-electron chi connectivity index (χ3n) is 3.75. The van der Waals surface area contributed by atoms with Crippen molar-refractivity contribution >= 4 is 5.96 Å². The number of nitrogens with zero attached hydrogens (tertiary/aromatic N) is 1. The number of para-hydroxylation sites is 1. The first-order chi connectivity index (χ1) is 12.2. The van der Waals surface area contributed by atoms with Gasteiger partial charge in [0.1, 0.15) is 11.5 Å². The molecule has 0 radical (unpaired) electrons. The summed E-state index contributed by atoms with van der Waals surface area (Å²) in [6, 6.07) is 14.1. The predicted molar refractivity (Wildman–Crippen MR) is 102 cm³/mol. The Morgan fingerprint density at radius 1 is 1.04 bits per heavy atom. The molecule has 0 spiro atoms. The monoisotopic (exact) mass is 341 g/mol. The van der Waals surface area contributed by atoms with Gasteiger partial charge in [-0.25, -0.2) is 4.99 Å². The molecular weight excluding hydrogens is 314 g/mol. The fourth-order valence-corrected chi connectivity index (χ4v) is 2.57. The molecule has 5 nitrogen and oxygen atoms in total. The van der Waals surface area contributed by atoms with Crippen LogP contribution in [-0.2, 0) is 13.1 Å². The molecule has 0 bridgehead atoms. The van der Waals surface area contributed by atoms with E-state index in [4.69, 9.17) is 9.47 Å². The van der Waals surface area contributed by atoms with Crippen LogP contribution in [0.25, 0.3) is 0 Å². The highest BCUT2D eigenvalue weighted by Gasteiger charge is 2.04. The van der Waals surface area contributed by atoms with Gasteiger partial charge in [0.05, 0.1) is 20.8 Å². The first-order valence-corrected chi connectivity index (χ1v) is 8.45. The lowest BCUT2D eigenvalue weighted by atomic mass is 10.1. The summed E-state index contributed by atoms with van der Waals surface area (Å²) in [4.78, 5) is 4.67. The van der Waals surface area contributed by atoms with Crippen LogP contribution in [0.2, 0.25) is 0 Å². The van der Waals surface area contributed by atoms with Crippen molar-refractivity contribution in [2.24, 2.45) is 4.99 Å². The van der Waals surface area contributed by atoms with Crippen LogP contribution in [0.1, 0.15) is 23.6 Å². The van der Waals surface area contributed by atoms with Crippen molar-refractivity contribution < 1.29 is 9.47 Å². The molecule has 2 aromatic rings. The second-order valence-corrected chi connectivity index (χ2v) is 5.72. The van der Waals surface area contributed by atoms with Crippen molar-refractivity contribution in [2.75, 3.05) is 20.8 Å². The molecule has 2 N–H and O–H groups in total. The van der Waals surface area contributed by atoms with E-state index in [0.717, 1.165) is 40.7 Å². The number of benzene rings is 2. The molecule has 134 valence electrons. The molecule has 0 aliphatic carbocycles. The summed E-state index contributed by atoms with van der Waals surface area (Å²) < 4.78 is 10.7. The van der Waals surface area contributed by atoms with E-state index in [1.165, 1.54) is 0 Å². The fourth-order valence-electron chi connectivity index (χ4n) is 2.57. The quantitative estimate of drug-likeness (QED) is 0.599. The molecule has 2 aromatic carbocycles. The SMILES string of the molecule is CCNC(=NCc1cc(C)cc(OC)c1)NCc1ccccc1OC. The van der Waals surface area contributed by atoms with Gasteiger partial charge in [0.15, 0.2) is 5.96 Å². The van der Waals surface area contributed by atoms with Gasteiger partial charge >= 0.3 is 0 Å². The Morgan fingerprint density at radius 2 is 1.84 bits per heavy atom. The number of rotatable bonds is 7. The van der Waals surface area contributed by atoms with Crippen LogP contribution in [0.4, 0.5) is 0 Å². The summed E-state index contributed by atoms with van der Waals surface area (Å²) >= 11 is 0. The van der Waals surface area contributed by atoms with Crippen molar-refractivity contribution in [3.63, 3.8) is 0 Å². The van der Waals surface area contributed by atoms with Crippen LogP contribution in [0.15, 0.2) is 47.5 Å². The van der Waals surface area contributed by atoms with Crippen LogP contribution in [0.3, 0.4) is 0 Å². The zero-order valence-corrected chi connectivity index (χ0v) is 15.4. The number of aliphatic imine (C=N–C) groups is 1. The van der Waals surface area contributed by atoms with Crippen LogP contribution in [0, 0.1) is 6.92 Å². The molecule has 25 heavy (non-hydrogen) atoms. The van der Waals surface area contributed by atoms with E-state index in [2.05, 4.69) is 35.5 Å². The van der Waals surface area contributed by atoms with E-state index in [-0.39, 0.29) is 0 Å². The van der Waals surface area contributed by atoms with E-state index in [1.54, 1.807) is 14.2 Å². The Labute approximate surface area is 150 Å². The minimum Gasteiger partial charge on any atom is -0.497 e. The smallest absolute Gasteiger partial charge is 0.191 e. The minimum atomic E-state index is 0.583. The van der Waals surface area contributed by atoms with Gasteiger partial charge in [-0.2, -0.15) is 0 Å². The standard InChI is InChI=1S/C20H27N3O2/c1-5-21-20(23-14-17-8-6-7-9-19(17)25-4)22-13-16-10-15(2)11-18(12-16)24-3/h6-12H,5,13-14H2,1-4H3,(H2,21,22,23). The Hall–Kier alpha value is -2.69. The Kier molecular flexibility index (Phi) is 7.14. The normalized spacial score (nSPS) is 11.1. The number of hydrogen-bond acceptors (Lipinski definition) is 3. The van der Waals surface area contributed by atoms with Crippen LogP contribution < -0.4 is 20.1 Å². The molecule has 0 amide bonds. The third-order valence-corrected chi connectivity index (χ3v) is 3.75. The number of hydrogen-bond donors (Lipinski definition) is 2. The number of guanidine groups is 1. The predicted octanol–water partition coefficient (Wildman–Crippen LogP) is 3.27. The molecular formula is C20H27N3O2. The Morgan fingerprint density at radius 3 is 2.56 bits per heavy atom. The molecule has 5 heteroatoms. The van der Waals surface area contributed by atoms with Gasteiger partial charge in [-0.1, -0.05) is 24.3 Å². The summed E-state index contributed by atoms with van der Waals surface area (Å²) in [7, 11) is 3.37. The molecule has 0 aliphatic heterocycles. The molecule has 0 heterocycles. The highest BCUT2D eigenvalue weighted by atomic mass is 16.5. The van der Waals surface area contributed by atoms with E-state index >= 15 is 0 Å². The van der Waals surface area contributed by atoms with E-state index in [0.29, 0.717) is 13.1 Å². The zero-order chi connectivity index (χ0) is 18.1. The van der Waals surface area contributed by atoms with Crippen molar-refractivity contribution in [1.82, 2.24) is 10.6 Å². The third kappa shape index (κ3) is 5.71.